The van der Waals surface area contributed by atoms with Crippen LogP contribution in [0.4, 0.5) is 10.1 Å². The molecule has 0 saturated heterocycles. The highest BCUT2D eigenvalue weighted by Gasteiger charge is 2.33. The van der Waals surface area contributed by atoms with Crippen LogP contribution < -0.4 is 23.8 Å². The van der Waals surface area contributed by atoms with E-state index in [-0.39, 0.29) is 28.9 Å². The lowest BCUT2D eigenvalue weighted by molar-refractivity contribution is -0.139. The Kier molecular flexibility index (Phi) is 10.8. The molecule has 0 aliphatic carbocycles. The Bertz CT molecular complexity index is 1500. The number of carbonyl (C=O) groups is 2. The van der Waals surface area contributed by atoms with Crippen LogP contribution in [0.25, 0.3) is 0 Å². The van der Waals surface area contributed by atoms with Gasteiger partial charge in [0.05, 0.1) is 31.9 Å². The molecule has 0 fully saturated rings. The normalized spacial score (nSPS) is 11.9. The largest absolute Gasteiger partial charge is 0.497 e. The molecule has 3 aromatic carbocycles. The predicted molar refractivity (Wildman–Crippen MR) is 157 cm³/mol. The molecule has 1 atom stereocenters. The van der Waals surface area contributed by atoms with Crippen molar-refractivity contribution >= 4 is 27.5 Å². The number of amides is 2. The van der Waals surface area contributed by atoms with E-state index in [4.69, 9.17) is 14.2 Å². The van der Waals surface area contributed by atoms with Gasteiger partial charge < -0.3 is 24.4 Å². The SMILES string of the molecule is COc1cccc(CN(C(=O)CN(c2ccc(F)cc2)S(=O)(=O)c2ccc(OC)c(OC)c2)[C@@H](C)C(=O)NC(C)C)c1. The summed E-state index contributed by atoms with van der Waals surface area (Å²) in [6.45, 7) is 4.48. The molecule has 10 nitrogen and oxygen atoms in total. The fourth-order valence-electron chi connectivity index (χ4n) is 4.20. The summed E-state index contributed by atoms with van der Waals surface area (Å²) in [6.07, 6.45) is 0. The van der Waals surface area contributed by atoms with Crippen LogP contribution in [0.15, 0.2) is 71.6 Å². The van der Waals surface area contributed by atoms with Gasteiger partial charge >= 0.3 is 0 Å². The van der Waals surface area contributed by atoms with Gasteiger partial charge in [-0.15, -0.1) is 0 Å². The molecule has 0 saturated carbocycles. The molecule has 0 unspecified atom stereocenters. The first-order valence-electron chi connectivity index (χ1n) is 13.1. The van der Waals surface area contributed by atoms with Crippen LogP contribution in [0.5, 0.6) is 17.2 Å². The molecule has 0 bridgehead atoms. The summed E-state index contributed by atoms with van der Waals surface area (Å²) in [5.74, 6) is -0.594. The molecule has 1 N–H and O–H groups in total. The van der Waals surface area contributed by atoms with E-state index < -0.39 is 40.2 Å². The van der Waals surface area contributed by atoms with Crippen LogP contribution in [-0.4, -0.2) is 65.1 Å². The zero-order valence-corrected chi connectivity index (χ0v) is 25.3. The second-order valence-corrected chi connectivity index (χ2v) is 11.6. The summed E-state index contributed by atoms with van der Waals surface area (Å²) >= 11 is 0. The van der Waals surface area contributed by atoms with Gasteiger partial charge in [0, 0.05) is 18.7 Å². The first-order chi connectivity index (χ1) is 19.9. The summed E-state index contributed by atoms with van der Waals surface area (Å²) in [5.41, 5.74) is 0.725. The number of benzene rings is 3. The third-order valence-electron chi connectivity index (χ3n) is 6.42. The number of nitrogens with one attached hydrogen (secondary N) is 1. The van der Waals surface area contributed by atoms with Gasteiger partial charge in [0.25, 0.3) is 10.0 Å². The first-order valence-corrected chi connectivity index (χ1v) is 14.6. The zero-order valence-electron chi connectivity index (χ0n) is 24.5. The Morgan fingerprint density at radius 3 is 2.14 bits per heavy atom. The maximum absolute atomic E-state index is 14.0. The van der Waals surface area contributed by atoms with E-state index in [1.807, 2.05) is 0 Å². The van der Waals surface area contributed by atoms with Crippen LogP contribution in [0, 0.1) is 5.82 Å². The van der Waals surface area contributed by atoms with Crippen molar-refractivity contribution in [2.45, 2.75) is 44.3 Å². The zero-order chi connectivity index (χ0) is 31.0. The number of ether oxygens (including phenoxy) is 3. The van der Waals surface area contributed by atoms with Crippen molar-refractivity contribution in [1.29, 1.82) is 0 Å². The van der Waals surface area contributed by atoms with Gasteiger partial charge in [0.2, 0.25) is 11.8 Å². The smallest absolute Gasteiger partial charge is 0.264 e. The van der Waals surface area contributed by atoms with Crippen LogP contribution in [0.2, 0.25) is 0 Å². The molecule has 0 aliphatic rings. The predicted octanol–water partition coefficient (Wildman–Crippen LogP) is 3.99. The van der Waals surface area contributed by atoms with Crippen LogP contribution in [-0.2, 0) is 26.2 Å². The summed E-state index contributed by atoms with van der Waals surface area (Å²) in [5, 5.41) is 2.80. The van der Waals surface area contributed by atoms with Crippen molar-refractivity contribution in [1.82, 2.24) is 10.2 Å². The van der Waals surface area contributed by atoms with Gasteiger partial charge in [0.1, 0.15) is 24.2 Å². The summed E-state index contributed by atoms with van der Waals surface area (Å²) in [6, 6.07) is 14.6. The average Bonchev–Trinajstić information content (AvgIpc) is 2.97. The Labute approximate surface area is 246 Å². The maximum atomic E-state index is 14.0. The average molecular weight is 602 g/mol. The number of anilines is 1. The Hall–Kier alpha value is -4.32. The molecule has 3 aromatic rings. The van der Waals surface area contributed by atoms with Crippen molar-refractivity contribution in [3.63, 3.8) is 0 Å². The van der Waals surface area contributed by atoms with Gasteiger partial charge in [-0.3, -0.25) is 13.9 Å². The highest BCUT2D eigenvalue weighted by atomic mass is 32.2. The van der Waals surface area contributed by atoms with Crippen molar-refractivity contribution in [3.8, 4) is 17.2 Å². The standard InChI is InChI=1S/C30H36FN3O7S/c1-20(2)32-30(36)21(3)33(18-22-8-7-9-25(16-22)39-4)29(35)19-34(24-12-10-23(31)11-13-24)42(37,38)26-14-15-27(40-5)28(17-26)41-6/h7-17,20-21H,18-19H2,1-6H3,(H,32,36)/t21-/m0/s1. The molecule has 0 radical (unpaired) electrons. The molecule has 3 rings (SSSR count). The number of sulfonamides is 1. The van der Waals surface area contributed by atoms with Gasteiger partial charge in [-0.1, -0.05) is 12.1 Å². The number of hydrogen-bond acceptors (Lipinski definition) is 7. The van der Waals surface area contributed by atoms with Crippen molar-refractivity contribution in [2.24, 2.45) is 0 Å². The minimum absolute atomic E-state index is 0.00359. The number of halogens is 1. The van der Waals surface area contributed by atoms with E-state index in [1.165, 1.54) is 56.6 Å². The van der Waals surface area contributed by atoms with Crippen molar-refractivity contribution in [2.75, 3.05) is 32.2 Å². The summed E-state index contributed by atoms with van der Waals surface area (Å²) < 4.78 is 58.5. The molecule has 0 aliphatic heterocycles. The van der Waals surface area contributed by atoms with Crippen molar-refractivity contribution in [3.05, 3.63) is 78.1 Å². The number of hydrogen-bond donors (Lipinski definition) is 1. The third-order valence-corrected chi connectivity index (χ3v) is 8.19. The second-order valence-electron chi connectivity index (χ2n) is 9.72. The number of carbonyl (C=O) groups excluding carboxylic acids is 2. The molecule has 2 amide bonds. The minimum atomic E-state index is -4.39. The second kappa shape index (κ2) is 14.0. The Balaban J connectivity index is 2.07. The van der Waals surface area contributed by atoms with Crippen LogP contribution in [0.1, 0.15) is 26.3 Å². The molecule has 42 heavy (non-hydrogen) atoms. The Morgan fingerprint density at radius 1 is 0.881 bits per heavy atom. The lowest BCUT2D eigenvalue weighted by Crippen LogP contribution is -2.52. The van der Waals surface area contributed by atoms with Crippen molar-refractivity contribution < 1.29 is 36.6 Å². The van der Waals surface area contributed by atoms with E-state index in [0.717, 1.165) is 16.4 Å². The van der Waals surface area contributed by atoms with E-state index in [9.17, 15) is 22.4 Å². The first kappa shape index (κ1) is 32.2. The molecule has 0 aromatic heterocycles. The molecule has 12 heteroatoms. The summed E-state index contributed by atoms with van der Waals surface area (Å²) in [4.78, 5) is 28.1. The molecular formula is C30H36FN3O7S. The minimum Gasteiger partial charge on any atom is -0.497 e. The molecule has 0 spiro atoms. The van der Waals surface area contributed by atoms with Gasteiger partial charge in [-0.05, 0) is 74.9 Å². The molecule has 226 valence electrons. The highest BCUT2D eigenvalue weighted by molar-refractivity contribution is 7.92. The van der Waals surface area contributed by atoms with Gasteiger partial charge in [-0.2, -0.15) is 0 Å². The van der Waals surface area contributed by atoms with E-state index in [0.29, 0.717) is 17.1 Å². The summed E-state index contributed by atoms with van der Waals surface area (Å²) in [7, 11) is -0.0898. The lowest BCUT2D eigenvalue weighted by Gasteiger charge is -2.32. The van der Waals surface area contributed by atoms with E-state index in [1.54, 1.807) is 45.0 Å². The lowest BCUT2D eigenvalue weighted by atomic mass is 10.1. The Morgan fingerprint density at radius 2 is 1.55 bits per heavy atom. The van der Waals surface area contributed by atoms with E-state index >= 15 is 0 Å². The van der Waals surface area contributed by atoms with Crippen LogP contribution >= 0.6 is 0 Å². The monoisotopic (exact) mass is 601 g/mol. The highest BCUT2D eigenvalue weighted by Crippen LogP contribution is 2.32. The number of nitrogens with zero attached hydrogens (tertiary/aromatic N) is 2. The molecule has 0 heterocycles. The fourth-order valence-corrected chi connectivity index (χ4v) is 5.63. The maximum Gasteiger partial charge on any atom is 0.264 e. The third kappa shape index (κ3) is 7.69. The van der Waals surface area contributed by atoms with Gasteiger partial charge in [-0.25, -0.2) is 12.8 Å². The molecular weight excluding hydrogens is 565 g/mol. The van der Waals surface area contributed by atoms with E-state index in [2.05, 4.69) is 5.32 Å². The topological polar surface area (TPSA) is 114 Å². The van der Waals surface area contributed by atoms with Gasteiger partial charge in [0.15, 0.2) is 11.5 Å². The number of rotatable bonds is 13. The fraction of sp³-hybridized carbons (Fsp3) is 0.333. The van der Waals surface area contributed by atoms with Crippen LogP contribution in [0.3, 0.4) is 0 Å². The quantitative estimate of drug-likeness (QED) is 0.315. The number of methoxy groups -OCH3 is 3.